The summed E-state index contributed by atoms with van der Waals surface area (Å²) in [6.07, 6.45) is 3.45. The molecule has 0 fully saturated rings. The summed E-state index contributed by atoms with van der Waals surface area (Å²) in [6.45, 7) is 0. The van der Waals surface area contributed by atoms with E-state index < -0.39 is 11.1 Å². The predicted octanol–water partition coefficient (Wildman–Crippen LogP) is 2.58. The summed E-state index contributed by atoms with van der Waals surface area (Å²) in [4.78, 5) is 26.8. The summed E-state index contributed by atoms with van der Waals surface area (Å²) in [5, 5.41) is 31.0. The van der Waals surface area contributed by atoms with Crippen LogP contribution in [0.25, 0.3) is 0 Å². The van der Waals surface area contributed by atoms with Gasteiger partial charge in [0.1, 0.15) is 5.75 Å². The molecule has 0 spiro atoms. The van der Waals surface area contributed by atoms with Crippen molar-refractivity contribution in [2.24, 2.45) is 0 Å². The Bertz CT molecular complexity index is 878. The van der Waals surface area contributed by atoms with Gasteiger partial charge in [-0.05, 0) is 18.6 Å². The van der Waals surface area contributed by atoms with Gasteiger partial charge >= 0.3 is 6.16 Å². The third-order valence-corrected chi connectivity index (χ3v) is 4.40. The van der Waals surface area contributed by atoms with Gasteiger partial charge in [0.05, 0.1) is 4.92 Å². The topological polar surface area (TPSA) is 124 Å². The molecule has 0 saturated carbocycles. The Kier molecular flexibility index (Phi) is 3.17. The molecular formula is C16H12N2O7. The van der Waals surface area contributed by atoms with E-state index in [1.54, 1.807) is 0 Å². The maximum atomic E-state index is 11.9. The van der Waals surface area contributed by atoms with Crippen LogP contribution in [0.3, 0.4) is 0 Å². The lowest BCUT2D eigenvalue weighted by atomic mass is 10.0. The number of carbonyl (C=O) groups excluding carboxylic acids is 1. The summed E-state index contributed by atoms with van der Waals surface area (Å²) in [5.74, 6) is -0.686. The zero-order valence-corrected chi connectivity index (χ0v) is 12.7. The average molecular weight is 344 g/mol. The van der Waals surface area contributed by atoms with E-state index in [2.05, 4.69) is 0 Å². The Morgan fingerprint density at radius 1 is 1.12 bits per heavy atom. The van der Waals surface area contributed by atoms with Crippen LogP contribution >= 0.6 is 0 Å². The van der Waals surface area contributed by atoms with Crippen molar-refractivity contribution in [2.75, 3.05) is 0 Å². The third kappa shape index (κ3) is 2.28. The molecule has 1 aromatic heterocycles. The number of rotatable bonds is 3. The van der Waals surface area contributed by atoms with Gasteiger partial charge in [0.15, 0.2) is 0 Å². The first-order chi connectivity index (χ1) is 12.0. The molecule has 2 bridgehead atoms. The molecule has 0 aliphatic heterocycles. The Morgan fingerprint density at radius 2 is 1.68 bits per heavy atom. The first-order valence-corrected chi connectivity index (χ1v) is 7.45. The zero-order chi connectivity index (χ0) is 17.7. The van der Waals surface area contributed by atoms with Crippen LogP contribution in [0, 0.1) is 10.1 Å². The van der Waals surface area contributed by atoms with Crippen LogP contribution in [-0.4, -0.2) is 26.0 Å². The van der Waals surface area contributed by atoms with Gasteiger partial charge in [-0.15, -0.1) is 4.73 Å². The number of allylic oxidation sites excluding steroid dienone is 2. The van der Waals surface area contributed by atoms with Gasteiger partial charge in [0.25, 0.3) is 5.69 Å². The standard InChI is InChI=1S/C16H12N2O7/c19-14-12-8-1-2-9(7-8)13(12)15(20)17(14)25-16(21)24-11-5-3-10(4-6-11)18(22)23/h1-6,8-9,19-20H,7H2. The Labute approximate surface area is 140 Å². The molecule has 2 atom stereocenters. The summed E-state index contributed by atoms with van der Waals surface area (Å²) < 4.78 is 5.52. The monoisotopic (exact) mass is 344 g/mol. The van der Waals surface area contributed by atoms with Crippen LogP contribution in [0.1, 0.15) is 29.4 Å². The molecule has 9 heteroatoms. The fourth-order valence-electron chi connectivity index (χ4n) is 3.33. The summed E-state index contributed by atoms with van der Waals surface area (Å²) in [5.41, 5.74) is 0.946. The molecule has 2 aliphatic carbocycles. The fraction of sp³-hybridized carbons (Fsp3) is 0.188. The van der Waals surface area contributed by atoms with Gasteiger partial charge in [-0.1, -0.05) is 12.2 Å². The molecule has 2 aliphatic rings. The largest absolute Gasteiger partial charge is 0.539 e. The molecule has 128 valence electrons. The summed E-state index contributed by atoms with van der Waals surface area (Å²) >= 11 is 0. The Balaban J connectivity index is 1.51. The van der Waals surface area contributed by atoms with Crippen molar-refractivity contribution >= 4 is 11.8 Å². The van der Waals surface area contributed by atoms with E-state index in [9.17, 15) is 25.1 Å². The van der Waals surface area contributed by atoms with Crippen molar-refractivity contribution in [1.82, 2.24) is 4.73 Å². The molecule has 1 aromatic carbocycles. The third-order valence-electron chi connectivity index (χ3n) is 4.40. The molecule has 0 saturated heterocycles. The van der Waals surface area contributed by atoms with Crippen LogP contribution in [-0.2, 0) is 0 Å². The number of fused-ring (bicyclic) bond motifs is 5. The van der Waals surface area contributed by atoms with Crippen molar-refractivity contribution in [3.63, 3.8) is 0 Å². The quantitative estimate of drug-likeness (QED) is 0.288. The van der Waals surface area contributed by atoms with E-state index in [1.165, 1.54) is 24.3 Å². The lowest BCUT2D eigenvalue weighted by Gasteiger charge is -2.09. The maximum Gasteiger partial charge on any atom is 0.539 e. The van der Waals surface area contributed by atoms with Crippen LogP contribution in [0.2, 0.25) is 0 Å². The number of ether oxygens (including phenoxy) is 1. The predicted molar refractivity (Wildman–Crippen MR) is 82.7 cm³/mol. The number of hydrogen-bond donors (Lipinski definition) is 2. The highest BCUT2D eigenvalue weighted by Gasteiger charge is 2.42. The highest BCUT2D eigenvalue weighted by Crippen LogP contribution is 2.56. The summed E-state index contributed by atoms with van der Waals surface area (Å²) in [7, 11) is 0. The smallest absolute Gasteiger partial charge is 0.492 e. The molecule has 2 aromatic rings. The lowest BCUT2D eigenvalue weighted by molar-refractivity contribution is -0.384. The summed E-state index contributed by atoms with van der Waals surface area (Å²) in [6, 6.07) is 4.81. The van der Waals surface area contributed by atoms with E-state index in [4.69, 9.17) is 9.57 Å². The fourth-order valence-corrected chi connectivity index (χ4v) is 3.33. The van der Waals surface area contributed by atoms with Crippen LogP contribution in [0.15, 0.2) is 36.4 Å². The number of aromatic hydroxyl groups is 2. The second-order valence-corrected chi connectivity index (χ2v) is 5.80. The van der Waals surface area contributed by atoms with E-state index in [-0.39, 0.29) is 35.0 Å². The number of benzene rings is 1. The van der Waals surface area contributed by atoms with Crippen LogP contribution < -0.4 is 9.57 Å². The van der Waals surface area contributed by atoms with Crippen molar-refractivity contribution in [3.8, 4) is 17.5 Å². The highest BCUT2D eigenvalue weighted by atomic mass is 16.8. The number of non-ortho nitro benzene ring substituents is 1. The molecule has 0 amide bonds. The van der Waals surface area contributed by atoms with Gasteiger partial charge in [-0.3, -0.25) is 15.0 Å². The maximum absolute atomic E-state index is 11.9. The van der Waals surface area contributed by atoms with Gasteiger partial charge < -0.3 is 14.9 Å². The number of aromatic nitrogens is 1. The van der Waals surface area contributed by atoms with Gasteiger partial charge in [-0.2, -0.15) is 0 Å². The van der Waals surface area contributed by atoms with Crippen molar-refractivity contribution in [2.45, 2.75) is 18.3 Å². The minimum absolute atomic E-state index is 0.0126. The second-order valence-electron chi connectivity index (χ2n) is 5.80. The first kappa shape index (κ1) is 15.1. The minimum atomic E-state index is -1.20. The van der Waals surface area contributed by atoms with Crippen LogP contribution in [0.5, 0.6) is 17.5 Å². The number of hydrogen-bond acceptors (Lipinski definition) is 7. The highest BCUT2D eigenvalue weighted by molar-refractivity contribution is 5.66. The van der Waals surface area contributed by atoms with Crippen molar-refractivity contribution in [1.29, 1.82) is 0 Å². The number of nitrogens with zero attached hydrogens (tertiary/aromatic N) is 2. The second kappa shape index (κ2) is 5.26. The zero-order valence-electron chi connectivity index (χ0n) is 12.7. The molecule has 1 heterocycles. The van der Waals surface area contributed by atoms with E-state index in [1.807, 2.05) is 12.2 Å². The van der Waals surface area contributed by atoms with Gasteiger partial charge in [0, 0.05) is 35.1 Å². The number of carbonyl (C=O) groups is 1. The Morgan fingerprint density at radius 3 is 2.20 bits per heavy atom. The van der Waals surface area contributed by atoms with Crippen molar-refractivity contribution in [3.05, 3.63) is 57.7 Å². The molecule has 2 unspecified atom stereocenters. The van der Waals surface area contributed by atoms with Crippen molar-refractivity contribution < 1.29 is 29.5 Å². The van der Waals surface area contributed by atoms with Crippen LogP contribution in [0.4, 0.5) is 10.5 Å². The minimum Gasteiger partial charge on any atom is -0.492 e. The SMILES string of the molecule is O=C(Oc1ccc([N+](=O)[O-])cc1)On1c(O)c2c(c1O)C1C=CC2C1. The Hall–Kier alpha value is -3.49. The number of nitro benzene ring substituents is 1. The molecular weight excluding hydrogens is 332 g/mol. The molecule has 4 rings (SSSR count). The van der Waals surface area contributed by atoms with E-state index in [0.717, 1.165) is 6.42 Å². The molecule has 9 nitrogen and oxygen atoms in total. The first-order valence-electron chi connectivity index (χ1n) is 7.45. The molecule has 0 radical (unpaired) electrons. The average Bonchev–Trinajstić information content (AvgIpc) is 3.25. The molecule has 25 heavy (non-hydrogen) atoms. The molecule has 2 N–H and O–H groups in total. The normalized spacial score (nSPS) is 19.7. The van der Waals surface area contributed by atoms with E-state index in [0.29, 0.717) is 15.9 Å². The van der Waals surface area contributed by atoms with Gasteiger partial charge in [-0.25, -0.2) is 4.79 Å². The lowest BCUT2D eigenvalue weighted by Crippen LogP contribution is -2.22. The number of nitro groups is 1. The van der Waals surface area contributed by atoms with E-state index >= 15 is 0 Å². The van der Waals surface area contributed by atoms with Gasteiger partial charge in [0.2, 0.25) is 11.8 Å².